The first-order valence-corrected chi connectivity index (χ1v) is 12.1. The molecular weight excluding hydrogens is 430 g/mol. The SMILES string of the molecule is C(=C/c1ccccc1)/COc1nc(-c2ccccc2)nc2c1CN(C/C=C\c1ccccc1)CC2. The number of hydrogen-bond acceptors (Lipinski definition) is 4. The molecule has 5 rings (SSSR count). The first kappa shape index (κ1) is 22.8. The number of nitrogens with zero attached hydrogens (tertiary/aromatic N) is 3. The molecule has 174 valence electrons. The van der Waals surface area contributed by atoms with E-state index in [0.717, 1.165) is 54.3 Å². The van der Waals surface area contributed by atoms with Gasteiger partial charge in [-0.25, -0.2) is 4.98 Å². The lowest BCUT2D eigenvalue weighted by atomic mass is 10.1. The van der Waals surface area contributed by atoms with Gasteiger partial charge in [-0.3, -0.25) is 4.90 Å². The third kappa shape index (κ3) is 6.11. The lowest BCUT2D eigenvalue weighted by Crippen LogP contribution is -2.32. The van der Waals surface area contributed by atoms with E-state index in [-0.39, 0.29) is 0 Å². The summed E-state index contributed by atoms with van der Waals surface area (Å²) in [6.07, 6.45) is 9.40. The van der Waals surface area contributed by atoms with Gasteiger partial charge in [-0.05, 0) is 17.2 Å². The summed E-state index contributed by atoms with van der Waals surface area (Å²) < 4.78 is 6.23. The summed E-state index contributed by atoms with van der Waals surface area (Å²) in [6.45, 7) is 3.08. The lowest BCUT2D eigenvalue weighted by molar-refractivity contribution is 0.264. The molecule has 0 spiro atoms. The maximum Gasteiger partial charge on any atom is 0.222 e. The van der Waals surface area contributed by atoms with E-state index in [1.165, 1.54) is 5.56 Å². The number of ether oxygens (including phenoxy) is 1. The summed E-state index contributed by atoms with van der Waals surface area (Å²) in [5, 5.41) is 0. The number of aromatic nitrogens is 2. The quantitative estimate of drug-likeness (QED) is 0.310. The van der Waals surface area contributed by atoms with Gasteiger partial charge in [-0.1, -0.05) is 109 Å². The molecule has 0 saturated carbocycles. The Bertz CT molecular complexity index is 1290. The van der Waals surface area contributed by atoms with Crippen LogP contribution in [-0.2, 0) is 13.0 Å². The molecule has 0 radical (unpaired) electrons. The zero-order chi connectivity index (χ0) is 23.7. The van der Waals surface area contributed by atoms with Crippen LogP contribution in [0.2, 0.25) is 0 Å². The minimum absolute atomic E-state index is 0.459. The Morgan fingerprint density at radius 2 is 1.37 bits per heavy atom. The van der Waals surface area contributed by atoms with Crippen LogP contribution in [0, 0.1) is 0 Å². The summed E-state index contributed by atoms with van der Waals surface area (Å²) in [6, 6.07) is 30.8. The van der Waals surface area contributed by atoms with E-state index in [2.05, 4.69) is 59.5 Å². The van der Waals surface area contributed by atoms with Crippen LogP contribution >= 0.6 is 0 Å². The van der Waals surface area contributed by atoms with Crippen molar-refractivity contribution in [2.45, 2.75) is 13.0 Å². The summed E-state index contributed by atoms with van der Waals surface area (Å²) >= 11 is 0. The fourth-order valence-electron chi connectivity index (χ4n) is 4.21. The number of fused-ring (bicyclic) bond motifs is 1. The molecule has 4 nitrogen and oxygen atoms in total. The lowest BCUT2D eigenvalue weighted by Gasteiger charge is -2.28. The van der Waals surface area contributed by atoms with Gasteiger partial charge in [0.2, 0.25) is 5.88 Å². The van der Waals surface area contributed by atoms with Crippen molar-refractivity contribution in [3.8, 4) is 17.3 Å². The van der Waals surface area contributed by atoms with Crippen LogP contribution in [0.5, 0.6) is 5.88 Å². The van der Waals surface area contributed by atoms with Crippen LogP contribution in [-0.4, -0.2) is 34.6 Å². The standard InChI is InChI=1S/C31H29N3O/c1-4-12-25(13-5-1)16-10-21-34-22-20-29-28(24-34)31(33-30(32-29)27-18-8-3-9-19-27)35-23-11-17-26-14-6-2-7-15-26/h1-19H,20-24H2/b16-10-,17-11-. The van der Waals surface area contributed by atoms with Gasteiger partial charge in [0.1, 0.15) is 6.61 Å². The molecular formula is C31H29N3O. The topological polar surface area (TPSA) is 38.3 Å². The van der Waals surface area contributed by atoms with Crippen LogP contribution in [0.15, 0.2) is 103 Å². The van der Waals surface area contributed by atoms with E-state index in [9.17, 15) is 0 Å². The Morgan fingerprint density at radius 1 is 0.743 bits per heavy atom. The maximum absolute atomic E-state index is 6.23. The fourth-order valence-corrected chi connectivity index (χ4v) is 4.21. The Balaban J connectivity index is 1.34. The van der Waals surface area contributed by atoms with Gasteiger partial charge in [0, 0.05) is 37.2 Å². The second-order valence-electron chi connectivity index (χ2n) is 8.57. The molecule has 0 bridgehead atoms. The van der Waals surface area contributed by atoms with Crippen LogP contribution in [0.4, 0.5) is 0 Å². The Hall–Kier alpha value is -4.02. The highest BCUT2D eigenvalue weighted by molar-refractivity contribution is 5.57. The van der Waals surface area contributed by atoms with Gasteiger partial charge in [-0.15, -0.1) is 0 Å². The fraction of sp³-hybridized carbons (Fsp3) is 0.161. The average Bonchev–Trinajstić information content (AvgIpc) is 2.92. The monoisotopic (exact) mass is 459 g/mol. The maximum atomic E-state index is 6.23. The van der Waals surface area contributed by atoms with E-state index in [1.54, 1.807) is 0 Å². The molecule has 0 N–H and O–H groups in total. The van der Waals surface area contributed by atoms with Gasteiger partial charge >= 0.3 is 0 Å². The molecule has 1 aliphatic rings. The van der Waals surface area contributed by atoms with Gasteiger partial charge in [0.05, 0.1) is 5.69 Å². The van der Waals surface area contributed by atoms with Gasteiger partial charge in [-0.2, -0.15) is 4.98 Å². The minimum Gasteiger partial charge on any atom is -0.473 e. The second-order valence-corrected chi connectivity index (χ2v) is 8.57. The molecule has 0 unspecified atom stereocenters. The van der Waals surface area contributed by atoms with Crippen molar-refractivity contribution in [2.75, 3.05) is 19.7 Å². The normalized spacial score (nSPS) is 13.8. The van der Waals surface area contributed by atoms with Crippen molar-refractivity contribution in [2.24, 2.45) is 0 Å². The molecule has 1 aliphatic heterocycles. The summed E-state index contributed by atoms with van der Waals surface area (Å²) in [5.41, 5.74) is 5.56. The van der Waals surface area contributed by atoms with E-state index in [4.69, 9.17) is 14.7 Å². The van der Waals surface area contributed by atoms with Gasteiger partial charge in [0.15, 0.2) is 5.82 Å². The molecule has 0 aliphatic carbocycles. The Labute approximate surface area is 207 Å². The highest BCUT2D eigenvalue weighted by Crippen LogP contribution is 2.29. The highest BCUT2D eigenvalue weighted by atomic mass is 16.5. The first-order chi connectivity index (χ1) is 17.3. The van der Waals surface area contributed by atoms with Crippen LogP contribution < -0.4 is 4.74 Å². The third-order valence-corrected chi connectivity index (χ3v) is 6.03. The molecule has 0 saturated heterocycles. The number of rotatable bonds is 8. The summed E-state index contributed by atoms with van der Waals surface area (Å²) in [5.74, 6) is 1.41. The zero-order valence-corrected chi connectivity index (χ0v) is 19.8. The minimum atomic E-state index is 0.459. The predicted molar refractivity (Wildman–Crippen MR) is 143 cm³/mol. The van der Waals surface area contributed by atoms with Crippen molar-refractivity contribution >= 4 is 12.2 Å². The molecule has 4 heteroatoms. The van der Waals surface area contributed by atoms with Crippen molar-refractivity contribution in [1.29, 1.82) is 0 Å². The number of benzene rings is 3. The largest absolute Gasteiger partial charge is 0.473 e. The molecule has 3 aromatic carbocycles. The molecule has 0 fully saturated rings. The van der Waals surface area contributed by atoms with E-state index < -0.39 is 0 Å². The van der Waals surface area contributed by atoms with E-state index in [1.807, 2.05) is 60.7 Å². The second kappa shape index (κ2) is 11.4. The molecule has 35 heavy (non-hydrogen) atoms. The van der Waals surface area contributed by atoms with Gasteiger partial charge < -0.3 is 4.74 Å². The van der Waals surface area contributed by atoms with E-state index >= 15 is 0 Å². The summed E-state index contributed by atoms with van der Waals surface area (Å²) in [4.78, 5) is 12.2. The van der Waals surface area contributed by atoms with E-state index in [0.29, 0.717) is 12.5 Å². The number of hydrogen-bond donors (Lipinski definition) is 0. The molecule has 2 heterocycles. The van der Waals surface area contributed by atoms with Crippen LogP contribution in [0.3, 0.4) is 0 Å². The average molecular weight is 460 g/mol. The Kier molecular flexibility index (Phi) is 7.42. The van der Waals surface area contributed by atoms with Crippen molar-refractivity contribution in [3.63, 3.8) is 0 Å². The molecule has 0 atom stereocenters. The zero-order valence-electron chi connectivity index (χ0n) is 19.8. The smallest absolute Gasteiger partial charge is 0.222 e. The summed E-state index contributed by atoms with van der Waals surface area (Å²) in [7, 11) is 0. The molecule has 0 amide bonds. The highest BCUT2D eigenvalue weighted by Gasteiger charge is 2.23. The first-order valence-electron chi connectivity index (χ1n) is 12.1. The van der Waals surface area contributed by atoms with Crippen LogP contribution in [0.1, 0.15) is 22.4 Å². The predicted octanol–water partition coefficient (Wildman–Crippen LogP) is 6.31. The molecule has 1 aromatic heterocycles. The van der Waals surface area contributed by atoms with Crippen molar-refractivity contribution in [3.05, 3.63) is 126 Å². The van der Waals surface area contributed by atoms with Crippen molar-refractivity contribution < 1.29 is 4.74 Å². The van der Waals surface area contributed by atoms with Gasteiger partial charge in [0.25, 0.3) is 0 Å². The molecule has 4 aromatic rings. The Morgan fingerprint density at radius 3 is 2.06 bits per heavy atom. The third-order valence-electron chi connectivity index (χ3n) is 6.03. The van der Waals surface area contributed by atoms with Crippen molar-refractivity contribution in [1.82, 2.24) is 14.9 Å². The van der Waals surface area contributed by atoms with Crippen LogP contribution in [0.25, 0.3) is 23.5 Å².